The summed E-state index contributed by atoms with van der Waals surface area (Å²) < 4.78 is 3.56. The molecule has 0 spiro atoms. The Bertz CT molecular complexity index is 310. The quantitative estimate of drug-likeness (QED) is 0.421. The second-order valence-electron chi connectivity index (χ2n) is 5.65. The summed E-state index contributed by atoms with van der Waals surface area (Å²) in [5.74, 6) is 0. The summed E-state index contributed by atoms with van der Waals surface area (Å²) in [5.41, 5.74) is 1.63. The topological polar surface area (TPSA) is 24.1 Å². The van der Waals surface area contributed by atoms with Gasteiger partial charge in [0.05, 0.1) is 0 Å². The predicted molar refractivity (Wildman–Crippen MR) is 86.4 cm³/mol. The van der Waals surface area contributed by atoms with Gasteiger partial charge in [0.15, 0.2) is 0 Å². The molecule has 19 heavy (non-hydrogen) atoms. The lowest BCUT2D eigenvalue weighted by Crippen LogP contribution is -2.48. The Morgan fingerprint density at radius 2 is 2.05 bits per heavy atom. The van der Waals surface area contributed by atoms with Gasteiger partial charge in [0.1, 0.15) is 0 Å². The van der Waals surface area contributed by atoms with E-state index in [1.165, 1.54) is 44.9 Å². The van der Waals surface area contributed by atoms with Crippen molar-refractivity contribution in [3.05, 3.63) is 23.8 Å². The molecule has 0 heterocycles. The Morgan fingerprint density at radius 3 is 2.79 bits per heavy atom. The van der Waals surface area contributed by atoms with Gasteiger partial charge < -0.3 is 5.32 Å². The van der Waals surface area contributed by atoms with Crippen molar-refractivity contribution in [3.8, 4) is 0 Å². The Balaban J connectivity index is 1.62. The van der Waals surface area contributed by atoms with E-state index in [4.69, 9.17) is 0 Å². The highest BCUT2D eigenvalue weighted by molar-refractivity contribution is 7.96. The van der Waals surface area contributed by atoms with E-state index in [2.05, 4.69) is 34.5 Å². The lowest BCUT2D eigenvalue weighted by atomic mass is 9.91. The fraction of sp³-hybridized carbons (Fsp3) is 0.750. The van der Waals surface area contributed by atoms with Gasteiger partial charge >= 0.3 is 0 Å². The first-order valence-corrected chi connectivity index (χ1v) is 8.97. The SMILES string of the molecule is CSNC1CCCCC1NCCCC1=CCC=CC1. The van der Waals surface area contributed by atoms with Gasteiger partial charge in [0, 0.05) is 12.1 Å². The first-order chi connectivity index (χ1) is 9.40. The number of hydrogen-bond donors (Lipinski definition) is 2. The number of allylic oxidation sites excluding steroid dienone is 4. The number of hydrogen-bond acceptors (Lipinski definition) is 3. The molecule has 0 saturated heterocycles. The van der Waals surface area contributed by atoms with Crippen molar-refractivity contribution >= 4 is 11.9 Å². The first kappa shape index (κ1) is 15.1. The van der Waals surface area contributed by atoms with Crippen LogP contribution in [0.1, 0.15) is 51.4 Å². The molecule has 0 aromatic rings. The van der Waals surface area contributed by atoms with Crippen LogP contribution in [-0.2, 0) is 0 Å². The molecule has 1 fully saturated rings. The average Bonchev–Trinajstić information content (AvgIpc) is 2.47. The van der Waals surface area contributed by atoms with Gasteiger partial charge in [-0.1, -0.05) is 48.6 Å². The molecule has 0 aromatic carbocycles. The third-order valence-electron chi connectivity index (χ3n) is 4.21. The van der Waals surface area contributed by atoms with Crippen LogP contribution in [0.2, 0.25) is 0 Å². The van der Waals surface area contributed by atoms with Gasteiger partial charge in [-0.25, -0.2) is 0 Å². The summed E-state index contributed by atoms with van der Waals surface area (Å²) in [6, 6.07) is 1.35. The van der Waals surface area contributed by atoms with Gasteiger partial charge in [-0.15, -0.1) is 0 Å². The molecule has 2 rings (SSSR count). The van der Waals surface area contributed by atoms with E-state index >= 15 is 0 Å². The molecule has 0 radical (unpaired) electrons. The number of nitrogens with one attached hydrogen (secondary N) is 2. The zero-order valence-electron chi connectivity index (χ0n) is 12.2. The number of rotatable bonds is 7. The van der Waals surface area contributed by atoms with Crippen LogP contribution in [0.5, 0.6) is 0 Å². The monoisotopic (exact) mass is 280 g/mol. The van der Waals surface area contributed by atoms with Gasteiger partial charge in [-0.05, 0) is 51.3 Å². The lowest BCUT2D eigenvalue weighted by molar-refractivity contribution is 0.315. The molecule has 108 valence electrons. The molecule has 2 aliphatic carbocycles. The molecule has 2 nitrogen and oxygen atoms in total. The van der Waals surface area contributed by atoms with Crippen LogP contribution in [0.3, 0.4) is 0 Å². The molecule has 1 saturated carbocycles. The van der Waals surface area contributed by atoms with E-state index in [9.17, 15) is 0 Å². The summed E-state index contributed by atoms with van der Waals surface area (Å²) >= 11 is 1.77. The highest BCUT2D eigenvalue weighted by atomic mass is 32.2. The average molecular weight is 280 g/mol. The summed E-state index contributed by atoms with van der Waals surface area (Å²) in [6.45, 7) is 1.16. The van der Waals surface area contributed by atoms with E-state index in [1.54, 1.807) is 17.5 Å². The van der Waals surface area contributed by atoms with Crippen molar-refractivity contribution in [2.45, 2.75) is 63.5 Å². The maximum atomic E-state index is 3.77. The lowest BCUT2D eigenvalue weighted by Gasteiger charge is -2.32. The summed E-state index contributed by atoms with van der Waals surface area (Å²) in [6.07, 6.45) is 19.4. The Kier molecular flexibility index (Phi) is 7.04. The van der Waals surface area contributed by atoms with Crippen LogP contribution in [0.25, 0.3) is 0 Å². The minimum atomic E-state index is 0.667. The van der Waals surface area contributed by atoms with Crippen molar-refractivity contribution < 1.29 is 0 Å². The highest BCUT2D eigenvalue weighted by Crippen LogP contribution is 2.20. The zero-order chi connectivity index (χ0) is 13.3. The van der Waals surface area contributed by atoms with Crippen molar-refractivity contribution in [3.63, 3.8) is 0 Å². The Hall–Kier alpha value is -0.250. The standard InChI is InChI=1S/C16H28N2S/c1-19-18-16-12-6-5-11-15(16)17-13-7-10-14-8-3-2-4-9-14/h2-3,9,15-18H,4-8,10-13H2,1H3. The summed E-state index contributed by atoms with van der Waals surface area (Å²) in [7, 11) is 0. The first-order valence-electron chi connectivity index (χ1n) is 7.75. The van der Waals surface area contributed by atoms with E-state index in [-0.39, 0.29) is 0 Å². The van der Waals surface area contributed by atoms with Crippen molar-refractivity contribution in [1.82, 2.24) is 10.0 Å². The fourth-order valence-electron chi connectivity index (χ4n) is 3.12. The molecule has 2 atom stereocenters. The molecule has 0 aromatic heterocycles. The second kappa shape index (κ2) is 8.83. The van der Waals surface area contributed by atoms with Crippen molar-refractivity contribution in [1.29, 1.82) is 0 Å². The molecule has 0 bridgehead atoms. The highest BCUT2D eigenvalue weighted by Gasteiger charge is 2.23. The van der Waals surface area contributed by atoms with E-state index in [0.29, 0.717) is 12.1 Å². The minimum Gasteiger partial charge on any atom is -0.312 e. The Morgan fingerprint density at radius 1 is 1.21 bits per heavy atom. The molecular formula is C16H28N2S. The minimum absolute atomic E-state index is 0.667. The predicted octanol–water partition coefficient (Wildman–Crippen LogP) is 3.81. The molecule has 0 amide bonds. The van der Waals surface area contributed by atoms with E-state index in [0.717, 1.165) is 13.0 Å². The van der Waals surface area contributed by atoms with Crippen LogP contribution in [0, 0.1) is 0 Å². The molecule has 2 N–H and O–H groups in total. The Labute approximate surface area is 122 Å². The maximum Gasteiger partial charge on any atom is 0.0325 e. The van der Waals surface area contributed by atoms with Crippen LogP contribution in [0.15, 0.2) is 23.8 Å². The molecular weight excluding hydrogens is 252 g/mol. The van der Waals surface area contributed by atoms with Gasteiger partial charge in [-0.3, -0.25) is 4.72 Å². The largest absolute Gasteiger partial charge is 0.312 e. The molecule has 2 aliphatic rings. The van der Waals surface area contributed by atoms with E-state index < -0.39 is 0 Å². The van der Waals surface area contributed by atoms with Gasteiger partial charge in [-0.2, -0.15) is 0 Å². The molecule has 0 aliphatic heterocycles. The van der Waals surface area contributed by atoms with Gasteiger partial charge in [0.2, 0.25) is 0 Å². The molecule has 2 unspecified atom stereocenters. The van der Waals surface area contributed by atoms with Gasteiger partial charge in [0.25, 0.3) is 0 Å². The van der Waals surface area contributed by atoms with Crippen molar-refractivity contribution in [2.24, 2.45) is 0 Å². The summed E-state index contributed by atoms with van der Waals surface area (Å²) in [5, 5.41) is 3.77. The van der Waals surface area contributed by atoms with Crippen LogP contribution in [-0.4, -0.2) is 24.9 Å². The third-order valence-corrected chi connectivity index (χ3v) is 4.74. The summed E-state index contributed by atoms with van der Waals surface area (Å²) in [4.78, 5) is 0. The third kappa shape index (κ3) is 5.33. The zero-order valence-corrected chi connectivity index (χ0v) is 13.0. The molecule has 3 heteroatoms. The normalized spacial score (nSPS) is 27.3. The van der Waals surface area contributed by atoms with E-state index in [1.807, 2.05) is 0 Å². The fourth-order valence-corrected chi connectivity index (χ4v) is 3.71. The smallest absolute Gasteiger partial charge is 0.0325 e. The maximum absolute atomic E-state index is 3.77. The van der Waals surface area contributed by atoms with Crippen molar-refractivity contribution in [2.75, 3.05) is 12.8 Å². The second-order valence-corrected chi connectivity index (χ2v) is 6.29. The van der Waals surface area contributed by atoms with Crippen LogP contribution < -0.4 is 10.0 Å². The van der Waals surface area contributed by atoms with Crippen LogP contribution in [0.4, 0.5) is 0 Å². The van der Waals surface area contributed by atoms with Crippen LogP contribution >= 0.6 is 11.9 Å².